The number of hydrogen-bond acceptors (Lipinski definition) is 3. The third kappa shape index (κ3) is 2.71. The van der Waals surface area contributed by atoms with Crippen molar-refractivity contribution in [1.82, 2.24) is 4.90 Å². The molecule has 2 N–H and O–H groups in total. The molecule has 0 atom stereocenters. The Labute approximate surface area is 111 Å². The fourth-order valence-corrected chi connectivity index (χ4v) is 2.45. The lowest BCUT2D eigenvalue weighted by atomic mass is 10.1. The monoisotopic (exact) mass is 260 g/mol. The van der Waals surface area contributed by atoms with E-state index in [2.05, 4.69) is 0 Å². The second kappa shape index (κ2) is 5.23. The van der Waals surface area contributed by atoms with Crippen LogP contribution < -0.4 is 5.73 Å². The number of thiophene rings is 1. The number of hydrogen-bond donors (Lipinski definition) is 1. The van der Waals surface area contributed by atoms with Crippen molar-refractivity contribution in [1.29, 1.82) is 0 Å². The number of carbonyl (C=O) groups excluding carboxylic acids is 1. The summed E-state index contributed by atoms with van der Waals surface area (Å²) in [5.74, 6) is -0.0394. The number of benzene rings is 1. The van der Waals surface area contributed by atoms with Gasteiger partial charge >= 0.3 is 0 Å². The van der Waals surface area contributed by atoms with Gasteiger partial charge in [-0.1, -0.05) is 11.6 Å². The van der Waals surface area contributed by atoms with Crippen LogP contribution >= 0.6 is 11.3 Å². The molecule has 0 spiro atoms. The fourth-order valence-electron chi connectivity index (χ4n) is 1.79. The van der Waals surface area contributed by atoms with Crippen LogP contribution in [0.2, 0.25) is 0 Å². The summed E-state index contributed by atoms with van der Waals surface area (Å²) in [6.45, 7) is 2.56. The highest BCUT2D eigenvalue weighted by Crippen LogP contribution is 2.17. The summed E-state index contributed by atoms with van der Waals surface area (Å²) in [5.41, 5.74) is 9.14. The Balaban J connectivity index is 2.17. The van der Waals surface area contributed by atoms with Gasteiger partial charge in [0.05, 0.1) is 5.56 Å². The van der Waals surface area contributed by atoms with E-state index in [1.54, 1.807) is 29.4 Å². The molecule has 0 saturated heterocycles. The van der Waals surface area contributed by atoms with E-state index >= 15 is 0 Å². The first-order valence-corrected chi connectivity index (χ1v) is 6.65. The Hall–Kier alpha value is -1.81. The standard InChI is InChI=1S/C14H16N2OS/c1-10-3-4-13(15)12(7-10)14(17)16(2)8-11-5-6-18-9-11/h3-7,9H,8,15H2,1-2H3. The number of nitrogens with two attached hydrogens (primary N) is 1. The Kier molecular flexibility index (Phi) is 3.67. The molecule has 1 aromatic heterocycles. The van der Waals surface area contributed by atoms with Gasteiger partial charge in [0.15, 0.2) is 0 Å². The minimum absolute atomic E-state index is 0.0394. The molecule has 94 valence electrons. The van der Waals surface area contributed by atoms with E-state index in [-0.39, 0.29) is 5.91 Å². The van der Waals surface area contributed by atoms with Crippen molar-refractivity contribution in [2.24, 2.45) is 0 Å². The fraction of sp³-hybridized carbons (Fsp3) is 0.214. The molecular formula is C14H16N2OS. The second-order valence-corrected chi connectivity index (χ2v) is 5.16. The van der Waals surface area contributed by atoms with E-state index in [4.69, 9.17) is 5.73 Å². The second-order valence-electron chi connectivity index (χ2n) is 4.38. The van der Waals surface area contributed by atoms with E-state index in [0.717, 1.165) is 11.1 Å². The number of carbonyl (C=O) groups is 1. The molecule has 1 heterocycles. The van der Waals surface area contributed by atoms with E-state index < -0.39 is 0 Å². The van der Waals surface area contributed by atoms with Gasteiger partial charge in [0.2, 0.25) is 0 Å². The van der Waals surface area contributed by atoms with Gasteiger partial charge in [0.1, 0.15) is 0 Å². The summed E-state index contributed by atoms with van der Waals surface area (Å²) in [5, 5.41) is 4.05. The minimum atomic E-state index is -0.0394. The van der Waals surface area contributed by atoms with Crippen LogP contribution in [0.15, 0.2) is 35.0 Å². The van der Waals surface area contributed by atoms with Gasteiger partial charge in [-0.2, -0.15) is 11.3 Å². The number of anilines is 1. The van der Waals surface area contributed by atoms with Gasteiger partial charge in [-0.25, -0.2) is 0 Å². The molecule has 0 radical (unpaired) electrons. The van der Waals surface area contributed by atoms with Crippen molar-refractivity contribution in [2.45, 2.75) is 13.5 Å². The zero-order valence-electron chi connectivity index (χ0n) is 10.5. The largest absolute Gasteiger partial charge is 0.398 e. The zero-order chi connectivity index (χ0) is 13.1. The topological polar surface area (TPSA) is 46.3 Å². The molecule has 0 unspecified atom stereocenters. The maximum Gasteiger partial charge on any atom is 0.255 e. The average Bonchev–Trinajstić information content (AvgIpc) is 2.84. The first-order chi connectivity index (χ1) is 8.58. The van der Waals surface area contributed by atoms with Crippen LogP contribution in [-0.4, -0.2) is 17.9 Å². The third-order valence-corrected chi connectivity index (χ3v) is 3.52. The van der Waals surface area contributed by atoms with Crippen molar-refractivity contribution in [2.75, 3.05) is 12.8 Å². The van der Waals surface area contributed by atoms with Crippen molar-refractivity contribution >= 4 is 22.9 Å². The Morgan fingerprint density at radius 1 is 1.39 bits per heavy atom. The highest BCUT2D eigenvalue weighted by Gasteiger charge is 2.15. The van der Waals surface area contributed by atoms with Gasteiger partial charge in [-0.05, 0) is 41.4 Å². The van der Waals surface area contributed by atoms with Crippen molar-refractivity contribution in [3.63, 3.8) is 0 Å². The maximum absolute atomic E-state index is 12.3. The molecule has 0 aliphatic rings. The van der Waals surface area contributed by atoms with E-state index in [9.17, 15) is 4.79 Å². The van der Waals surface area contributed by atoms with Crippen LogP contribution in [0.25, 0.3) is 0 Å². The van der Waals surface area contributed by atoms with Gasteiger partial charge in [0, 0.05) is 19.3 Å². The summed E-state index contributed by atoms with van der Waals surface area (Å²) in [6, 6.07) is 7.54. The van der Waals surface area contributed by atoms with Gasteiger partial charge in [0.25, 0.3) is 5.91 Å². The molecular weight excluding hydrogens is 244 g/mol. The van der Waals surface area contributed by atoms with Crippen LogP contribution in [0.5, 0.6) is 0 Å². The lowest BCUT2D eigenvalue weighted by Gasteiger charge is -2.18. The average molecular weight is 260 g/mol. The van der Waals surface area contributed by atoms with E-state index in [1.807, 2.05) is 35.9 Å². The molecule has 2 aromatic rings. The number of nitrogen functional groups attached to an aromatic ring is 1. The normalized spacial score (nSPS) is 10.3. The molecule has 0 aliphatic carbocycles. The number of nitrogens with zero attached hydrogens (tertiary/aromatic N) is 1. The highest BCUT2D eigenvalue weighted by molar-refractivity contribution is 7.07. The van der Waals surface area contributed by atoms with Crippen LogP contribution in [0.1, 0.15) is 21.5 Å². The molecule has 0 fully saturated rings. The summed E-state index contributed by atoms with van der Waals surface area (Å²) in [7, 11) is 1.79. The molecule has 4 heteroatoms. The Morgan fingerprint density at radius 3 is 2.83 bits per heavy atom. The smallest absolute Gasteiger partial charge is 0.255 e. The number of aryl methyl sites for hydroxylation is 1. The molecule has 2 rings (SSSR count). The number of rotatable bonds is 3. The zero-order valence-corrected chi connectivity index (χ0v) is 11.3. The maximum atomic E-state index is 12.3. The molecule has 18 heavy (non-hydrogen) atoms. The lowest BCUT2D eigenvalue weighted by Crippen LogP contribution is -2.26. The van der Waals surface area contributed by atoms with E-state index in [1.165, 1.54) is 0 Å². The van der Waals surface area contributed by atoms with Crippen molar-refractivity contribution in [3.8, 4) is 0 Å². The van der Waals surface area contributed by atoms with Gasteiger partial charge < -0.3 is 10.6 Å². The van der Waals surface area contributed by atoms with Crippen LogP contribution in [0, 0.1) is 6.92 Å². The first-order valence-electron chi connectivity index (χ1n) is 5.70. The van der Waals surface area contributed by atoms with Crippen LogP contribution in [0.3, 0.4) is 0 Å². The lowest BCUT2D eigenvalue weighted by molar-refractivity contribution is 0.0786. The number of amides is 1. The quantitative estimate of drug-likeness (QED) is 0.862. The summed E-state index contributed by atoms with van der Waals surface area (Å²) >= 11 is 1.63. The predicted molar refractivity (Wildman–Crippen MR) is 75.7 cm³/mol. The Bertz CT molecular complexity index is 549. The molecule has 0 saturated carbocycles. The SMILES string of the molecule is Cc1ccc(N)c(C(=O)N(C)Cc2ccsc2)c1. The molecule has 0 bridgehead atoms. The predicted octanol–water partition coefficient (Wildman–Crippen LogP) is 2.91. The van der Waals surface area contributed by atoms with Crippen LogP contribution in [-0.2, 0) is 6.54 Å². The molecule has 0 aliphatic heterocycles. The molecule has 1 aromatic carbocycles. The molecule has 1 amide bonds. The van der Waals surface area contributed by atoms with Gasteiger partial charge in [-0.3, -0.25) is 4.79 Å². The molecule has 3 nitrogen and oxygen atoms in total. The first kappa shape index (κ1) is 12.6. The van der Waals surface area contributed by atoms with Crippen molar-refractivity contribution in [3.05, 3.63) is 51.7 Å². The van der Waals surface area contributed by atoms with E-state index in [0.29, 0.717) is 17.8 Å². The Morgan fingerprint density at radius 2 is 2.17 bits per heavy atom. The highest BCUT2D eigenvalue weighted by atomic mass is 32.1. The van der Waals surface area contributed by atoms with Crippen LogP contribution in [0.4, 0.5) is 5.69 Å². The summed E-state index contributed by atoms with van der Waals surface area (Å²) in [6.07, 6.45) is 0. The third-order valence-electron chi connectivity index (χ3n) is 2.79. The van der Waals surface area contributed by atoms with Crippen molar-refractivity contribution < 1.29 is 4.79 Å². The minimum Gasteiger partial charge on any atom is -0.398 e. The summed E-state index contributed by atoms with van der Waals surface area (Å²) in [4.78, 5) is 14.0. The van der Waals surface area contributed by atoms with Gasteiger partial charge in [-0.15, -0.1) is 0 Å². The summed E-state index contributed by atoms with van der Waals surface area (Å²) < 4.78 is 0.